The van der Waals surface area contributed by atoms with Crippen molar-refractivity contribution in [3.63, 3.8) is 0 Å². The molecule has 0 saturated carbocycles. The molecule has 0 atom stereocenters. The zero-order valence-electron chi connectivity index (χ0n) is 14.3. The average Bonchev–Trinajstić information content (AvgIpc) is 2.64. The van der Waals surface area contributed by atoms with Crippen LogP contribution in [-0.4, -0.2) is 19.7 Å². The van der Waals surface area contributed by atoms with Crippen LogP contribution in [0.3, 0.4) is 0 Å². The Bertz CT molecular complexity index is 674. The Morgan fingerprint density at radius 1 is 1.04 bits per heavy atom. The Morgan fingerprint density at radius 3 is 2.50 bits per heavy atom. The van der Waals surface area contributed by atoms with Crippen LogP contribution in [0.25, 0.3) is 0 Å². The molecule has 126 valence electrons. The van der Waals surface area contributed by atoms with Crippen molar-refractivity contribution in [1.82, 2.24) is 0 Å². The van der Waals surface area contributed by atoms with Crippen molar-refractivity contribution in [2.45, 2.75) is 26.2 Å². The molecule has 0 N–H and O–H groups in total. The molecule has 0 fully saturated rings. The predicted molar refractivity (Wildman–Crippen MR) is 96.4 cm³/mol. The van der Waals surface area contributed by atoms with Gasteiger partial charge in [-0.25, -0.2) is 4.79 Å². The van der Waals surface area contributed by atoms with E-state index in [-0.39, 0.29) is 5.97 Å². The van der Waals surface area contributed by atoms with Gasteiger partial charge in [0.05, 0.1) is 13.7 Å². The highest BCUT2D eigenvalue weighted by molar-refractivity contribution is 5.92. The van der Waals surface area contributed by atoms with Crippen molar-refractivity contribution in [2.75, 3.05) is 13.7 Å². The Kier molecular flexibility index (Phi) is 7.09. The molecule has 0 spiro atoms. The van der Waals surface area contributed by atoms with E-state index in [0.717, 1.165) is 19.3 Å². The summed E-state index contributed by atoms with van der Waals surface area (Å²) in [5.41, 5.74) is 3.17. The molecule has 0 heterocycles. The Morgan fingerprint density at radius 2 is 1.75 bits per heavy atom. The first kappa shape index (κ1) is 17.8. The van der Waals surface area contributed by atoms with Gasteiger partial charge >= 0.3 is 5.97 Å². The lowest BCUT2D eigenvalue weighted by molar-refractivity contribution is 0.0596. The van der Waals surface area contributed by atoms with Crippen LogP contribution in [0.4, 0.5) is 0 Å². The van der Waals surface area contributed by atoms with E-state index in [1.165, 1.54) is 18.2 Å². The van der Waals surface area contributed by atoms with E-state index < -0.39 is 0 Å². The molecular weight excluding hydrogens is 300 g/mol. The fourth-order valence-corrected chi connectivity index (χ4v) is 2.43. The number of carbonyl (C=O) groups is 1. The number of para-hydroxylation sites is 1. The summed E-state index contributed by atoms with van der Waals surface area (Å²) >= 11 is 0. The van der Waals surface area contributed by atoms with E-state index in [2.05, 4.69) is 37.3 Å². The summed E-state index contributed by atoms with van der Waals surface area (Å²) in [4.78, 5) is 11.7. The largest absolute Gasteiger partial charge is 0.492 e. The van der Waals surface area contributed by atoms with Crippen LogP contribution in [0.2, 0.25) is 0 Å². The zero-order chi connectivity index (χ0) is 17.2. The van der Waals surface area contributed by atoms with Crippen molar-refractivity contribution in [3.05, 3.63) is 77.4 Å². The third kappa shape index (κ3) is 5.58. The number of esters is 1. The Hall–Kier alpha value is -2.55. The lowest BCUT2D eigenvalue weighted by Crippen LogP contribution is -2.06. The van der Waals surface area contributed by atoms with Gasteiger partial charge in [0.25, 0.3) is 0 Å². The van der Waals surface area contributed by atoms with Gasteiger partial charge in [-0.05, 0) is 43.9 Å². The van der Waals surface area contributed by atoms with E-state index in [4.69, 9.17) is 9.47 Å². The fourth-order valence-electron chi connectivity index (χ4n) is 2.43. The first-order chi connectivity index (χ1) is 11.7. The van der Waals surface area contributed by atoms with Crippen LogP contribution in [0.15, 0.2) is 66.2 Å². The third-order valence-corrected chi connectivity index (χ3v) is 3.81. The molecule has 0 amide bonds. The van der Waals surface area contributed by atoms with Crippen LogP contribution >= 0.6 is 0 Å². The van der Waals surface area contributed by atoms with Gasteiger partial charge in [0.15, 0.2) is 0 Å². The van der Waals surface area contributed by atoms with Crippen LogP contribution in [0, 0.1) is 0 Å². The highest BCUT2D eigenvalue weighted by Crippen LogP contribution is 2.19. The quantitative estimate of drug-likeness (QED) is 0.397. The topological polar surface area (TPSA) is 35.5 Å². The number of benzene rings is 2. The number of ether oxygens (including phenoxy) is 2. The molecule has 0 radical (unpaired) electrons. The van der Waals surface area contributed by atoms with Gasteiger partial charge in [-0.15, -0.1) is 0 Å². The van der Waals surface area contributed by atoms with Gasteiger partial charge in [-0.1, -0.05) is 54.1 Å². The summed E-state index contributed by atoms with van der Waals surface area (Å²) in [5, 5.41) is 0. The molecule has 2 aromatic carbocycles. The average molecular weight is 324 g/mol. The number of allylic oxidation sites excluding steroid dienone is 1. The van der Waals surface area contributed by atoms with E-state index in [1.807, 2.05) is 12.1 Å². The van der Waals surface area contributed by atoms with Gasteiger partial charge < -0.3 is 9.47 Å². The summed E-state index contributed by atoms with van der Waals surface area (Å²) in [7, 11) is 1.37. The standard InChI is InChI=1S/C21H24O3/c1-17(14-15-18-10-4-3-5-11-18)9-8-16-24-20-13-7-6-12-19(20)21(22)23-2/h3-7,9-13H,8,14-16H2,1-2H3. The Balaban J connectivity index is 1.79. The maximum absolute atomic E-state index is 11.7. The Labute approximate surface area is 143 Å². The molecular formula is C21H24O3. The lowest BCUT2D eigenvalue weighted by atomic mass is 10.1. The summed E-state index contributed by atoms with van der Waals surface area (Å²) in [6.45, 7) is 2.68. The highest BCUT2D eigenvalue weighted by atomic mass is 16.5. The molecule has 0 saturated heterocycles. The molecule has 0 aliphatic carbocycles. The first-order valence-corrected chi connectivity index (χ1v) is 8.20. The monoisotopic (exact) mass is 324 g/mol. The van der Waals surface area contributed by atoms with Crippen LogP contribution in [0.1, 0.15) is 35.7 Å². The van der Waals surface area contributed by atoms with E-state index in [1.54, 1.807) is 18.2 Å². The first-order valence-electron chi connectivity index (χ1n) is 8.20. The van der Waals surface area contributed by atoms with Crippen LogP contribution < -0.4 is 4.74 Å². The zero-order valence-corrected chi connectivity index (χ0v) is 14.3. The number of methoxy groups -OCH3 is 1. The SMILES string of the molecule is COC(=O)c1ccccc1OCCC=C(C)CCc1ccccc1. The number of rotatable bonds is 8. The second-order valence-corrected chi connectivity index (χ2v) is 5.66. The van der Waals surface area contributed by atoms with E-state index in [9.17, 15) is 4.79 Å². The van der Waals surface area contributed by atoms with Crippen molar-refractivity contribution >= 4 is 5.97 Å². The van der Waals surface area contributed by atoms with E-state index in [0.29, 0.717) is 17.9 Å². The molecule has 3 nitrogen and oxygen atoms in total. The van der Waals surface area contributed by atoms with Crippen molar-refractivity contribution < 1.29 is 14.3 Å². The minimum Gasteiger partial charge on any atom is -0.492 e. The molecule has 24 heavy (non-hydrogen) atoms. The van der Waals surface area contributed by atoms with Crippen molar-refractivity contribution in [3.8, 4) is 5.75 Å². The maximum Gasteiger partial charge on any atom is 0.341 e. The predicted octanol–water partition coefficient (Wildman–Crippen LogP) is 4.82. The number of aryl methyl sites for hydroxylation is 1. The van der Waals surface area contributed by atoms with Gasteiger partial charge in [0, 0.05) is 0 Å². The van der Waals surface area contributed by atoms with Gasteiger partial charge in [0.1, 0.15) is 11.3 Å². The smallest absolute Gasteiger partial charge is 0.341 e. The third-order valence-electron chi connectivity index (χ3n) is 3.81. The molecule has 0 bridgehead atoms. The van der Waals surface area contributed by atoms with Gasteiger partial charge in [-0.2, -0.15) is 0 Å². The van der Waals surface area contributed by atoms with Gasteiger partial charge in [0.2, 0.25) is 0 Å². The van der Waals surface area contributed by atoms with Crippen molar-refractivity contribution in [1.29, 1.82) is 0 Å². The molecule has 0 aliphatic heterocycles. The van der Waals surface area contributed by atoms with Gasteiger partial charge in [-0.3, -0.25) is 0 Å². The second-order valence-electron chi connectivity index (χ2n) is 5.66. The highest BCUT2D eigenvalue weighted by Gasteiger charge is 2.11. The summed E-state index contributed by atoms with van der Waals surface area (Å²) in [6, 6.07) is 17.6. The minimum atomic E-state index is -0.375. The van der Waals surface area contributed by atoms with Crippen molar-refractivity contribution in [2.24, 2.45) is 0 Å². The number of hydrogen-bond acceptors (Lipinski definition) is 3. The maximum atomic E-state index is 11.7. The molecule has 3 heteroatoms. The lowest BCUT2D eigenvalue weighted by Gasteiger charge is -2.09. The summed E-state index contributed by atoms with van der Waals surface area (Å²) in [6.07, 6.45) is 5.11. The molecule has 2 aromatic rings. The molecule has 0 unspecified atom stereocenters. The molecule has 0 aromatic heterocycles. The van der Waals surface area contributed by atoms with Crippen LogP contribution in [0.5, 0.6) is 5.75 Å². The number of hydrogen-bond donors (Lipinski definition) is 0. The fraction of sp³-hybridized carbons (Fsp3) is 0.286. The normalized spacial score (nSPS) is 11.2. The summed E-state index contributed by atoms with van der Waals surface area (Å²) < 4.78 is 10.5. The van der Waals surface area contributed by atoms with Crippen LogP contribution in [-0.2, 0) is 11.2 Å². The number of carbonyl (C=O) groups excluding carboxylic acids is 1. The molecule has 2 rings (SSSR count). The molecule has 0 aliphatic rings. The van der Waals surface area contributed by atoms with E-state index >= 15 is 0 Å². The summed E-state index contributed by atoms with van der Waals surface area (Å²) in [5.74, 6) is 0.194. The minimum absolute atomic E-state index is 0.375. The second kappa shape index (κ2) is 9.56.